The van der Waals surface area contributed by atoms with Crippen LogP contribution in [0.25, 0.3) is 0 Å². The minimum absolute atomic E-state index is 0.137. The van der Waals surface area contributed by atoms with Crippen LogP contribution in [0.5, 0.6) is 0 Å². The van der Waals surface area contributed by atoms with Crippen molar-refractivity contribution >= 4 is 22.3 Å². The maximum Gasteiger partial charge on any atom is 0.418 e. The van der Waals surface area contributed by atoms with E-state index in [9.17, 15) is 23.1 Å². The number of carbonyl (C=O) groups is 2. The van der Waals surface area contributed by atoms with E-state index in [1.54, 1.807) is 0 Å². The average Bonchev–Trinajstić information content (AvgIpc) is 2.96. The Morgan fingerprint density at radius 1 is 1.35 bits per heavy atom. The molecule has 0 radical (unpaired) electrons. The molecule has 2 bridgehead atoms. The zero-order chi connectivity index (χ0) is 16.8. The summed E-state index contributed by atoms with van der Waals surface area (Å²) in [4.78, 5) is 25.8. The summed E-state index contributed by atoms with van der Waals surface area (Å²) in [6.07, 6.45) is 0.00874. The molecule has 0 unspecified atom stereocenters. The van der Waals surface area contributed by atoms with Crippen molar-refractivity contribution in [3.8, 4) is 0 Å². The number of hydroxylamine groups is 2. The lowest BCUT2D eigenvalue weighted by atomic mass is 10.00. The van der Waals surface area contributed by atoms with E-state index in [0.717, 1.165) is 0 Å². The van der Waals surface area contributed by atoms with Gasteiger partial charge in [0.05, 0.1) is 18.2 Å². The number of nitrogens with one attached hydrogen (secondary N) is 2. The minimum Gasteiger partial charge on any atom is -0.390 e. The molecule has 3 fully saturated rings. The lowest BCUT2D eigenvalue weighted by Gasteiger charge is -2.30. The summed E-state index contributed by atoms with van der Waals surface area (Å²) >= 11 is 0. The monoisotopic (exact) mass is 350 g/mol. The molecule has 0 aromatic heterocycles. The number of aliphatic hydroxyl groups excluding tert-OH is 1. The van der Waals surface area contributed by atoms with Gasteiger partial charge >= 0.3 is 16.4 Å². The van der Waals surface area contributed by atoms with Crippen molar-refractivity contribution in [3.63, 3.8) is 0 Å². The van der Waals surface area contributed by atoms with Crippen LogP contribution < -0.4 is 10.6 Å². The second-order valence-electron chi connectivity index (χ2n) is 5.85. The highest BCUT2D eigenvalue weighted by atomic mass is 32.3. The second-order valence-corrected chi connectivity index (χ2v) is 6.86. The van der Waals surface area contributed by atoms with Gasteiger partial charge in [-0.25, -0.2) is 4.79 Å². The number of nitrogens with zero attached hydrogens (tertiary/aromatic N) is 2. The number of piperidine rings is 1. The summed E-state index contributed by atoms with van der Waals surface area (Å²) in [5.41, 5.74) is 0. The molecule has 23 heavy (non-hydrogen) atoms. The molecule has 3 saturated heterocycles. The molecule has 0 aromatic rings. The summed E-state index contributed by atoms with van der Waals surface area (Å²) in [6, 6.07) is -2.51. The molecule has 11 nitrogen and oxygen atoms in total. The van der Waals surface area contributed by atoms with Crippen LogP contribution >= 0.6 is 0 Å². The number of hydrogen-bond acceptors (Lipinski definition) is 7. The summed E-state index contributed by atoms with van der Waals surface area (Å²) in [6.45, 7) is 0.961. The topological polar surface area (TPSA) is 149 Å². The van der Waals surface area contributed by atoms with Gasteiger partial charge in [-0.15, -0.1) is 4.28 Å². The van der Waals surface area contributed by atoms with E-state index < -0.39 is 46.6 Å². The SMILES string of the molecule is O=C(N[C@@H]1CNC[C@@H]1O)[C@@H]1CC[C@@H]2CN1C(=O)N2OS(=O)(=O)O. The third-order valence-electron chi connectivity index (χ3n) is 4.31. The van der Waals surface area contributed by atoms with Gasteiger partial charge in [0.15, 0.2) is 0 Å². The van der Waals surface area contributed by atoms with Crippen LogP contribution in [0.4, 0.5) is 4.79 Å². The Balaban J connectivity index is 1.67. The number of rotatable bonds is 4. The van der Waals surface area contributed by atoms with Crippen molar-refractivity contribution < 1.29 is 31.9 Å². The molecular weight excluding hydrogens is 332 g/mol. The maximum absolute atomic E-state index is 12.4. The van der Waals surface area contributed by atoms with E-state index in [1.807, 2.05) is 0 Å². The third kappa shape index (κ3) is 3.26. The van der Waals surface area contributed by atoms with Gasteiger partial charge in [0.25, 0.3) is 0 Å². The fourth-order valence-electron chi connectivity index (χ4n) is 3.20. The van der Waals surface area contributed by atoms with Crippen molar-refractivity contribution in [2.75, 3.05) is 19.6 Å². The molecule has 4 atom stereocenters. The largest absolute Gasteiger partial charge is 0.418 e. The number of amides is 3. The first-order valence-electron chi connectivity index (χ1n) is 7.22. The Bertz CT molecular complexity index is 611. The van der Waals surface area contributed by atoms with Gasteiger partial charge in [0.1, 0.15) is 6.04 Å². The molecule has 0 spiro atoms. The van der Waals surface area contributed by atoms with Crippen LogP contribution in [0.2, 0.25) is 0 Å². The molecular formula is C11H18N4O7S. The average molecular weight is 350 g/mol. The number of urea groups is 1. The molecule has 3 amide bonds. The van der Waals surface area contributed by atoms with E-state index in [1.165, 1.54) is 4.90 Å². The number of carbonyl (C=O) groups excluding carboxylic acids is 2. The van der Waals surface area contributed by atoms with Crippen LogP contribution in [0.15, 0.2) is 0 Å². The molecule has 0 aliphatic carbocycles. The highest BCUT2D eigenvalue weighted by molar-refractivity contribution is 7.80. The first-order chi connectivity index (χ1) is 10.8. The maximum atomic E-state index is 12.4. The van der Waals surface area contributed by atoms with Gasteiger partial charge in [0.2, 0.25) is 5.91 Å². The summed E-state index contributed by atoms with van der Waals surface area (Å²) in [5.74, 6) is -0.404. The van der Waals surface area contributed by atoms with Gasteiger partial charge in [-0.1, -0.05) is 0 Å². The third-order valence-corrected chi connectivity index (χ3v) is 4.66. The van der Waals surface area contributed by atoms with Gasteiger partial charge in [-0.2, -0.15) is 13.5 Å². The molecule has 0 aromatic carbocycles. The predicted octanol–water partition coefficient (Wildman–Crippen LogP) is -2.56. The molecule has 0 saturated carbocycles. The summed E-state index contributed by atoms with van der Waals surface area (Å²) < 4.78 is 34.6. The van der Waals surface area contributed by atoms with Gasteiger partial charge < -0.3 is 20.6 Å². The number of aliphatic hydroxyl groups is 1. The summed E-state index contributed by atoms with van der Waals surface area (Å²) in [5, 5.41) is 15.9. The highest BCUT2D eigenvalue weighted by Gasteiger charge is 2.49. The van der Waals surface area contributed by atoms with Crippen molar-refractivity contribution in [2.45, 2.75) is 37.1 Å². The van der Waals surface area contributed by atoms with E-state index in [-0.39, 0.29) is 6.54 Å². The fourth-order valence-corrected chi connectivity index (χ4v) is 3.58. The first kappa shape index (κ1) is 16.4. The van der Waals surface area contributed by atoms with Crippen molar-refractivity contribution in [1.29, 1.82) is 0 Å². The van der Waals surface area contributed by atoms with Gasteiger partial charge in [-0.05, 0) is 12.8 Å². The standard InChI is InChI=1S/C11H18N4O7S/c16-9-4-12-3-7(9)13-10(17)8-2-1-6-5-14(8)11(18)15(6)22-23(19,20)21/h6-9,12,16H,1-5H2,(H,13,17)(H,19,20,21)/t6-,7-,8+,9+/m1/s1. The van der Waals surface area contributed by atoms with E-state index >= 15 is 0 Å². The lowest BCUT2D eigenvalue weighted by Crippen LogP contribution is -2.54. The highest BCUT2D eigenvalue weighted by Crippen LogP contribution is 2.30. The lowest BCUT2D eigenvalue weighted by molar-refractivity contribution is -0.127. The van der Waals surface area contributed by atoms with Crippen LogP contribution in [-0.4, -0.2) is 83.8 Å². The van der Waals surface area contributed by atoms with Crippen LogP contribution in [0.3, 0.4) is 0 Å². The normalized spacial score (nSPS) is 34.1. The predicted molar refractivity (Wildman–Crippen MR) is 74.2 cm³/mol. The van der Waals surface area contributed by atoms with Gasteiger partial charge in [0, 0.05) is 19.6 Å². The van der Waals surface area contributed by atoms with Crippen LogP contribution in [0.1, 0.15) is 12.8 Å². The number of β-amino-alcohol motifs (C(OH)–C–C–N with tert-alkyl or cyclic N) is 1. The van der Waals surface area contributed by atoms with Crippen molar-refractivity contribution in [1.82, 2.24) is 20.6 Å². The Morgan fingerprint density at radius 2 is 2.09 bits per heavy atom. The number of fused-ring (bicyclic) bond motifs is 2. The smallest absolute Gasteiger partial charge is 0.390 e. The van der Waals surface area contributed by atoms with Crippen molar-refractivity contribution in [3.05, 3.63) is 0 Å². The van der Waals surface area contributed by atoms with Crippen molar-refractivity contribution in [2.24, 2.45) is 0 Å². The number of hydrogen-bond donors (Lipinski definition) is 4. The molecule has 3 rings (SSSR count). The second kappa shape index (κ2) is 5.87. The zero-order valence-electron chi connectivity index (χ0n) is 12.1. The summed E-state index contributed by atoms with van der Waals surface area (Å²) in [7, 11) is -4.81. The van der Waals surface area contributed by atoms with Gasteiger partial charge in [-0.3, -0.25) is 9.35 Å². The minimum atomic E-state index is -4.81. The molecule has 3 heterocycles. The van der Waals surface area contributed by atoms with E-state index in [0.29, 0.717) is 31.0 Å². The van der Waals surface area contributed by atoms with E-state index in [4.69, 9.17) is 4.55 Å². The fraction of sp³-hybridized carbons (Fsp3) is 0.818. The zero-order valence-corrected chi connectivity index (χ0v) is 12.9. The molecule has 3 aliphatic rings. The Hall–Kier alpha value is -1.47. The molecule has 130 valence electrons. The molecule has 3 aliphatic heterocycles. The van der Waals surface area contributed by atoms with Crippen LogP contribution in [0, 0.1) is 0 Å². The molecule has 4 N–H and O–H groups in total. The Morgan fingerprint density at radius 3 is 2.70 bits per heavy atom. The Labute approximate surface area is 132 Å². The molecule has 12 heteroatoms. The quantitative estimate of drug-likeness (QED) is 0.405. The van der Waals surface area contributed by atoms with Crippen LogP contribution in [-0.2, 0) is 19.5 Å². The Kier molecular flexibility index (Phi) is 4.18. The van der Waals surface area contributed by atoms with E-state index in [2.05, 4.69) is 14.9 Å². The first-order valence-corrected chi connectivity index (χ1v) is 8.59.